The van der Waals surface area contributed by atoms with Crippen molar-refractivity contribution in [1.29, 1.82) is 0 Å². The summed E-state index contributed by atoms with van der Waals surface area (Å²) in [7, 11) is 3.26. The molecule has 0 spiro atoms. The number of hydrogen-bond acceptors (Lipinski definition) is 3. The maximum atomic E-state index is 6.02. The third-order valence-electron chi connectivity index (χ3n) is 3.81. The number of rotatable bonds is 8. The summed E-state index contributed by atoms with van der Waals surface area (Å²) in [5.41, 5.74) is 2.25. The highest BCUT2D eigenvalue weighted by molar-refractivity contribution is 6.30. The Balaban J connectivity index is 1.95. The summed E-state index contributed by atoms with van der Waals surface area (Å²) in [5, 5.41) is 7.37. The lowest BCUT2D eigenvalue weighted by Crippen LogP contribution is -2.38. The van der Waals surface area contributed by atoms with Crippen LogP contribution in [0.1, 0.15) is 18.1 Å². The quantitative estimate of drug-likeness (QED) is 0.546. The molecule has 2 rings (SSSR count). The Morgan fingerprint density at radius 1 is 1.00 bits per heavy atom. The number of aliphatic imine (C=N–C) groups is 1. The van der Waals surface area contributed by atoms with Crippen LogP contribution >= 0.6 is 11.6 Å². The highest BCUT2D eigenvalue weighted by atomic mass is 35.5. The number of hydrogen-bond donors (Lipinski definition) is 2. The molecule has 26 heavy (non-hydrogen) atoms. The number of guanidine groups is 1. The lowest BCUT2D eigenvalue weighted by atomic mass is 10.1. The second kappa shape index (κ2) is 10.6. The standard InChI is InChI=1S/C20H26ClN3O2/c1-4-22-20(23-11-10-15-6-5-7-17(21)12-15)24-14-16-8-9-18(25-2)19(13-16)26-3/h5-9,12-13H,4,10-11,14H2,1-3H3,(H2,22,23,24). The van der Waals surface area contributed by atoms with Crippen molar-refractivity contribution in [2.24, 2.45) is 4.99 Å². The molecule has 6 heteroatoms. The zero-order valence-electron chi connectivity index (χ0n) is 15.5. The van der Waals surface area contributed by atoms with Gasteiger partial charge in [-0.3, -0.25) is 0 Å². The van der Waals surface area contributed by atoms with E-state index in [9.17, 15) is 0 Å². The Kier molecular flexibility index (Phi) is 8.09. The zero-order valence-corrected chi connectivity index (χ0v) is 16.3. The van der Waals surface area contributed by atoms with Crippen molar-refractivity contribution in [2.75, 3.05) is 27.3 Å². The smallest absolute Gasteiger partial charge is 0.191 e. The lowest BCUT2D eigenvalue weighted by Gasteiger charge is -2.12. The van der Waals surface area contributed by atoms with Crippen LogP contribution in [0.2, 0.25) is 5.02 Å². The Labute approximate surface area is 160 Å². The molecule has 0 atom stereocenters. The first-order valence-electron chi connectivity index (χ1n) is 8.63. The van der Waals surface area contributed by atoms with Crippen LogP contribution in [0.5, 0.6) is 11.5 Å². The van der Waals surface area contributed by atoms with E-state index in [0.29, 0.717) is 18.0 Å². The molecule has 0 fully saturated rings. The highest BCUT2D eigenvalue weighted by Crippen LogP contribution is 2.27. The maximum absolute atomic E-state index is 6.02. The van der Waals surface area contributed by atoms with E-state index >= 15 is 0 Å². The van der Waals surface area contributed by atoms with Crippen LogP contribution in [0.25, 0.3) is 0 Å². The van der Waals surface area contributed by atoms with Crippen molar-refractivity contribution >= 4 is 17.6 Å². The molecule has 5 nitrogen and oxygen atoms in total. The number of ether oxygens (including phenoxy) is 2. The molecule has 0 unspecified atom stereocenters. The third-order valence-corrected chi connectivity index (χ3v) is 4.04. The molecule has 2 aromatic rings. The largest absolute Gasteiger partial charge is 0.493 e. The Hall–Kier alpha value is -2.40. The van der Waals surface area contributed by atoms with Crippen LogP contribution < -0.4 is 20.1 Å². The second-order valence-corrected chi connectivity index (χ2v) is 6.13. The summed E-state index contributed by atoms with van der Waals surface area (Å²) in [6.45, 7) is 4.17. The van der Waals surface area contributed by atoms with Gasteiger partial charge in [0.2, 0.25) is 0 Å². The SMILES string of the molecule is CCNC(=NCc1ccc(OC)c(OC)c1)NCCc1cccc(Cl)c1. The van der Waals surface area contributed by atoms with Crippen molar-refractivity contribution in [3.63, 3.8) is 0 Å². The van der Waals surface area contributed by atoms with Gasteiger partial charge in [0.25, 0.3) is 0 Å². The van der Waals surface area contributed by atoms with Gasteiger partial charge in [-0.25, -0.2) is 4.99 Å². The van der Waals surface area contributed by atoms with Gasteiger partial charge >= 0.3 is 0 Å². The fraction of sp³-hybridized carbons (Fsp3) is 0.350. The van der Waals surface area contributed by atoms with Crippen molar-refractivity contribution in [2.45, 2.75) is 19.9 Å². The number of nitrogens with one attached hydrogen (secondary N) is 2. The molecule has 0 amide bonds. The van der Waals surface area contributed by atoms with Gasteiger partial charge in [0.15, 0.2) is 17.5 Å². The van der Waals surface area contributed by atoms with Crippen LogP contribution in [-0.2, 0) is 13.0 Å². The first-order chi connectivity index (χ1) is 12.7. The molecule has 0 saturated heterocycles. The fourth-order valence-electron chi connectivity index (χ4n) is 2.51. The van der Waals surface area contributed by atoms with Crippen LogP contribution in [0, 0.1) is 0 Å². The zero-order chi connectivity index (χ0) is 18.8. The third kappa shape index (κ3) is 6.15. The normalized spacial score (nSPS) is 11.2. The number of nitrogens with zero attached hydrogens (tertiary/aromatic N) is 1. The fourth-order valence-corrected chi connectivity index (χ4v) is 2.72. The van der Waals surface area contributed by atoms with Gasteiger partial charge in [-0.2, -0.15) is 0 Å². The first kappa shape index (κ1) is 19.9. The van der Waals surface area contributed by atoms with Gasteiger partial charge in [-0.15, -0.1) is 0 Å². The molecule has 0 aliphatic carbocycles. The van der Waals surface area contributed by atoms with Crippen LogP contribution in [0.15, 0.2) is 47.5 Å². The van der Waals surface area contributed by atoms with Gasteiger partial charge in [-0.05, 0) is 48.7 Å². The number of benzene rings is 2. The van der Waals surface area contributed by atoms with Gasteiger partial charge < -0.3 is 20.1 Å². The van der Waals surface area contributed by atoms with E-state index in [1.807, 2.05) is 43.3 Å². The molecule has 0 bridgehead atoms. The predicted octanol–water partition coefficient (Wildman–Crippen LogP) is 3.66. The number of halogens is 1. The second-order valence-electron chi connectivity index (χ2n) is 5.69. The monoisotopic (exact) mass is 375 g/mol. The molecule has 2 aromatic carbocycles. The topological polar surface area (TPSA) is 54.9 Å². The molecule has 2 N–H and O–H groups in total. The molecule has 0 saturated carbocycles. The number of methoxy groups -OCH3 is 2. The lowest BCUT2D eigenvalue weighted by molar-refractivity contribution is 0.354. The Morgan fingerprint density at radius 3 is 2.50 bits per heavy atom. The minimum Gasteiger partial charge on any atom is -0.493 e. The molecular formula is C20H26ClN3O2. The van der Waals surface area contributed by atoms with Gasteiger partial charge in [-0.1, -0.05) is 29.8 Å². The molecular weight excluding hydrogens is 350 g/mol. The summed E-state index contributed by atoms with van der Waals surface area (Å²) in [4.78, 5) is 4.64. The van der Waals surface area contributed by atoms with E-state index < -0.39 is 0 Å². The van der Waals surface area contributed by atoms with E-state index in [1.54, 1.807) is 14.2 Å². The summed E-state index contributed by atoms with van der Waals surface area (Å²) < 4.78 is 10.6. The summed E-state index contributed by atoms with van der Waals surface area (Å²) in [5.74, 6) is 2.20. The van der Waals surface area contributed by atoms with Crippen LogP contribution in [0.3, 0.4) is 0 Å². The van der Waals surface area contributed by atoms with Gasteiger partial charge in [0.05, 0.1) is 20.8 Å². The molecule has 0 heterocycles. The molecule has 140 valence electrons. The van der Waals surface area contributed by atoms with E-state index in [2.05, 4.69) is 21.7 Å². The maximum Gasteiger partial charge on any atom is 0.191 e. The molecule has 0 aliphatic heterocycles. The van der Waals surface area contributed by atoms with E-state index in [-0.39, 0.29) is 0 Å². The van der Waals surface area contributed by atoms with Crippen molar-refractivity contribution in [1.82, 2.24) is 10.6 Å². The molecule has 0 aliphatic rings. The predicted molar refractivity (Wildman–Crippen MR) is 108 cm³/mol. The average Bonchev–Trinajstić information content (AvgIpc) is 2.66. The summed E-state index contributed by atoms with van der Waals surface area (Å²) in [6.07, 6.45) is 0.876. The minimum atomic E-state index is 0.548. The van der Waals surface area contributed by atoms with Crippen molar-refractivity contribution in [3.05, 3.63) is 58.6 Å². The van der Waals surface area contributed by atoms with E-state index in [4.69, 9.17) is 21.1 Å². The van der Waals surface area contributed by atoms with Crippen LogP contribution in [0.4, 0.5) is 0 Å². The molecule has 0 radical (unpaired) electrons. The Bertz CT molecular complexity index is 735. The van der Waals surface area contributed by atoms with Gasteiger partial charge in [0.1, 0.15) is 0 Å². The Morgan fingerprint density at radius 2 is 1.81 bits per heavy atom. The van der Waals surface area contributed by atoms with Gasteiger partial charge in [0, 0.05) is 18.1 Å². The van der Waals surface area contributed by atoms with E-state index in [0.717, 1.165) is 36.1 Å². The average molecular weight is 376 g/mol. The minimum absolute atomic E-state index is 0.548. The van der Waals surface area contributed by atoms with Crippen molar-refractivity contribution in [3.8, 4) is 11.5 Å². The first-order valence-corrected chi connectivity index (χ1v) is 9.01. The van der Waals surface area contributed by atoms with E-state index in [1.165, 1.54) is 5.56 Å². The van der Waals surface area contributed by atoms with Crippen molar-refractivity contribution < 1.29 is 9.47 Å². The summed E-state index contributed by atoms with van der Waals surface area (Å²) >= 11 is 6.02. The summed E-state index contributed by atoms with van der Waals surface area (Å²) in [6, 6.07) is 13.7. The van der Waals surface area contributed by atoms with Crippen LogP contribution in [-0.4, -0.2) is 33.3 Å². The highest BCUT2D eigenvalue weighted by Gasteiger charge is 2.05. The molecule has 0 aromatic heterocycles.